The summed E-state index contributed by atoms with van der Waals surface area (Å²) in [6, 6.07) is 10.1. The lowest BCUT2D eigenvalue weighted by atomic mass is 9.97. The third-order valence-electron chi connectivity index (χ3n) is 4.34. The molecule has 1 saturated heterocycles. The molecule has 1 aromatic heterocycles. The first-order valence-corrected chi connectivity index (χ1v) is 8.14. The van der Waals surface area contributed by atoms with Gasteiger partial charge in [0.15, 0.2) is 11.6 Å². The predicted octanol–water partition coefficient (Wildman–Crippen LogP) is 1.74. The van der Waals surface area contributed by atoms with Gasteiger partial charge < -0.3 is 21.1 Å². The third kappa shape index (κ3) is 3.88. The van der Waals surface area contributed by atoms with Crippen LogP contribution in [0, 0.1) is 5.92 Å². The Bertz CT molecular complexity index is 776. The lowest BCUT2D eigenvalue weighted by molar-refractivity contribution is -0.122. The number of hydrogen-bond acceptors (Lipinski definition) is 5. The molecule has 0 spiro atoms. The summed E-state index contributed by atoms with van der Waals surface area (Å²) in [4.78, 5) is 29.7. The van der Waals surface area contributed by atoms with Crippen LogP contribution in [0.5, 0.6) is 5.75 Å². The van der Waals surface area contributed by atoms with E-state index in [2.05, 4.69) is 15.2 Å². The number of nitrogens with two attached hydrogens (primary N) is 1. The molecule has 7 nitrogen and oxygen atoms in total. The number of aromatic hydroxyl groups is 1. The Hall–Kier alpha value is -3.09. The molecule has 0 saturated carbocycles. The number of nitrogens with zero attached hydrogens (tertiary/aromatic N) is 2. The van der Waals surface area contributed by atoms with Crippen molar-refractivity contribution in [2.75, 3.05) is 23.3 Å². The number of aromatic nitrogens is 1. The molecule has 2 aromatic rings. The van der Waals surface area contributed by atoms with Crippen LogP contribution in [0.25, 0.3) is 0 Å². The standard InChI is InChI=1S/C18H20N4O3/c19-16(24)13-3-2-10-22(11-13)14-7-5-12(6-8-14)18(25)21-17-15(23)4-1-9-20-17/h1,4-9,13,23H,2-3,10-11H2,(H2,19,24)(H,20,21,25)/t13-/m0/s1. The third-order valence-corrected chi connectivity index (χ3v) is 4.34. The monoisotopic (exact) mass is 340 g/mol. The number of amides is 2. The number of piperidine rings is 1. The SMILES string of the molecule is NC(=O)[C@H]1CCCN(c2ccc(C(=O)Nc3ncccc3O)cc2)C1. The van der Waals surface area contributed by atoms with E-state index in [4.69, 9.17) is 5.73 Å². The topological polar surface area (TPSA) is 109 Å². The minimum absolute atomic E-state index is 0.0849. The van der Waals surface area contributed by atoms with Crippen molar-refractivity contribution in [3.63, 3.8) is 0 Å². The quantitative estimate of drug-likeness (QED) is 0.785. The van der Waals surface area contributed by atoms with E-state index in [1.165, 1.54) is 12.3 Å². The van der Waals surface area contributed by atoms with E-state index >= 15 is 0 Å². The van der Waals surface area contributed by atoms with Gasteiger partial charge in [-0.05, 0) is 49.2 Å². The molecule has 4 N–H and O–H groups in total. The van der Waals surface area contributed by atoms with Crippen molar-refractivity contribution in [2.24, 2.45) is 11.7 Å². The van der Waals surface area contributed by atoms with Crippen molar-refractivity contribution in [1.82, 2.24) is 4.98 Å². The van der Waals surface area contributed by atoms with Gasteiger partial charge in [-0.25, -0.2) is 4.98 Å². The van der Waals surface area contributed by atoms with Crippen LogP contribution < -0.4 is 16.0 Å². The number of hydrogen-bond donors (Lipinski definition) is 3. The van der Waals surface area contributed by atoms with Crippen molar-refractivity contribution in [3.05, 3.63) is 48.2 Å². The van der Waals surface area contributed by atoms with Gasteiger partial charge >= 0.3 is 0 Å². The average molecular weight is 340 g/mol. The maximum absolute atomic E-state index is 12.3. The van der Waals surface area contributed by atoms with Crippen LogP contribution in [0.4, 0.5) is 11.5 Å². The average Bonchev–Trinajstić information content (AvgIpc) is 2.64. The smallest absolute Gasteiger partial charge is 0.256 e. The number of carbonyl (C=O) groups excluding carboxylic acids is 2. The van der Waals surface area contributed by atoms with E-state index in [-0.39, 0.29) is 29.3 Å². The number of primary amides is 1. The molecule has 2 amide bonds. The highest BCUT2D eigenvalue weighted by Gasteiger charge is 2.24. The molecule has 2 heterocycles. The highest BCUT2D eigenvalue weighted by atomic mass is 16.3. The van der Waals surface area contributed by atoms with Crippen LogP contribution in [-0.2, 0) is 4.79 Å². The Balaban J connectivity index is 1.68. The molecule has 1 aliphatic heterocycles. The summed E-state index contributed by atoms with van der Waals surface area (Å²) in [5, 5.41) is 12.2. The zero-order valence-corrected chi connectivity index (χ0v) is 13.7. The number of benzene rings is 1. The van der Waals surface area contributed by atoms with Crippen molar-refractivity contribution in [2.45, 2.75) is 12.8 Å². The fourth-order valence-electron chi connectivity index (χ4n) is 2.94. The summed E-state index contributed by atoms with van der Waals surface area (Å²) < 4.78 is 0. The molecular weight excluding hydrogens is 320 g/mol. The zero-order chi connectivity index (χ0) is 17.8. The van der Waals surface area contributed by atoms with E-state index in [9.17, 15) is 14.7 Å². The molecule has 7 heteroatoms. The second kappa shape index (κ2) is 7.21. The van der Waals surface area contributed by atoms with Gasteiger partial charge in [0, 0.05) is 30.5 Å². The molecule has 25 heavy (non-hydrogen) atoms. The minimum atomic E-state index is -0.353. The normalized spacial score (nSPS) is 17.1. The van der Waals surface area contributed by atoms with Crippen LogP contribution in [0.1, 0.15) is 23.2 Å². The Kier molecular flexibility index (Phi) is 4.83. The first kappa shape index (κ1) is 16.8. The molecule has 0 bridgehead atoms. The molecule has 1 fully saturated rings. The highest BCUT2D eigenvalue weighted by molar-refractivity contribution is 6.04. The van der Waals surface area contributed by atoms with Gasteiger partial charge in [0.05, 0.1) is 5.92 Å². The van der Waals surface area contributed by atoms with Gasteiger partial charge in [0.1, 0.15) is 0 Å². The van der Waals surface area contributed by atoms with Crippen molar-refractivity contribution in [3.8, 4) is 5.75 Å². The fourth-order valence-corrected chi connectivity index (χ4v) is 2.94. The van der Waals surface area contributed by atoms with Crippen LogP contribution in [0.2, 0.25) is 0 Å². The number of anilines is 2. The molecule has 1 aliphatic rings. The summed E-state index contributed by atoms with van der Waals surface area (Å²) in [6.07, 6.45) is 3.22. The van der Waals surface area contributed by atoms with Crippen molar-refractivity contribution < 1.29 is 14.7 Å². The number of nitrogens with one attached hydrogen (secondary N) is 1. The Morgan fingerprint density at radius 1 is 1.24 bits per heavy atom. The van der Waals surface area contributed by atoms with Crippen LogP contribution in [0.15, 0.2) is 42.6 Å². The first-order chi connectivity index (χ1) is 12.0. The van der Waals surface area contributed by atoms with Crippen LogP contribution in [-0.4, -0.2) is 35.0 Å². The van der Waals surface area contributed by atoms with Gasteiger partial charge in [0.2, 0.25) is 5.91 Å². The molecule has 0 aliphatic carbocycles. The van der Waals surface area contributed by atoms with Gasteiger partial charge in [0.25, 0.3) is 5.91 Å². The lowest BCUT2D eigenvalue weighted by Crippen LogP contribution is -2.41. The first-order valence-electron chi connectivity index (χ1n) is 8.14. The van der Waals surface area contributed by atoms with Crippen molar-refractivity contribution in [1.29, 1.82) is 0 Å². The zero-order valence-electron chi connectivity index (χ0n) is 13.7. The van der Waals surface area contributed by atoms with Gasteiger partial charge in [-0.3, -0.25) is 9.59 Å². The Labute approximate surface area is 145 Å². The molecule has 1 atom stereocenters. The largest absolute Gasteiger partial charge is 0.504 e. The number of carbonyl (C=O) groups is 2. The van der Waals surface area contributed by atoms with Gasteiger partial charge in [-0.2, -0.15) is 0 Å². The highest BCUT2D eigenvalue weighted by Crippen LogP contribution is 2.24. The summed E-state index contributed by atoms with van der Waals surface area (Å²) in [6.45, 7) is 1.46. The second-order valence-corrected chi connectivity index (χ2v) is 6.06. The molecule has 130 valence electrons. The van der Waals surface area contributed by atoms with Crippen LogP contribution >= 0.6 is 0 Å². The van der Waals surface area contributed by atoms with E-state index in [0.717, 1.165) is 25.1 Å². The molecule has 1 aromatic carbocycles. The second-order valence-electron chi connectivity index (χ2n) is 6.06. The molecule has 3 rings (SSSR count). The number of rotatable bonds is 4. The van der Waals surface area contributed by atoms with Crippen molar-refractivity contribution >= 4 is 23.3 Å². The minimum Gasteiger partial charge on any atom is -0.504 e. The lowest BCUT2D eigenvalue weighted by Gasteiger charge is -2.33. The summed E-state index contributed by atoms with van der Waals surface area (Å²) >= 11 is 0. The summed E-state index contributed by atoms with van der Waals surface area (Å²) in [7, 11) is 0. The van der Waals surface area contributed by atoms with Crippen LogP contribution in [0.3, 0.4) is 0 Å². The van der Waals surface area contributed by atoms with Gasteiger partial charge in [-0.1, -0.05) is 0 Å². The maximum atomic E-state index is 12.3. The maximum Gasteiger partial charge on any atom is 0.256 e. The summed E-state index contributed by atoms with van der Waals surface area (Å²) in [5.41, 5.74) is 6.82. The Morgan fingerprint density at radius 3 is 2.68 bits per heavy atom. The predicted molar refractivity (Wildman–Crippen MR) is 94.4 cm³/mol. The van der Waals surface area contributed by atoms with E-state index in [1.807, 2.05) is 12.1 Å². The fraction of sp³-hybridized carbons (Fsp3) is 0.278. The number of pyridine rings is 1. The van der Waals surface area contributed by atoms with E-state index in [0.29, 0.717) is 12.1 Å². The summed E-state index contributed by atoms with van der Waals surface area (Å²) in [5.74, 6) is -0.718. The van der Waals surface area contributed by atoms with Gasteiger partial charge in [-0.15, -0.1) is 0 Å². The molecular formula is C18H20N4O3. The molecule has 0 unspecified atom stereocenters. The Morgan fingerprint density at radius 2 is 2.00 bits per heavy atom. The molecule has 0 radical (unpaired) electrons. The van der Waals surface area contributed by atoms with E-state index in [1.54, 1.807) is 18.2 Å². The van der Waals surface area contributed by atoms with E-state index < -0.39 is 0 Å².